The van der Waals surface area contributed by atoms with Crippen molar-refractivity contribution in [3.8, 4) is 0 Å². The maximum atomic E-state index is 4.51. The number of hydrogen-bond acceptors (Lipinski definition) is 6. The van der Waals surface area contributed by atoms with E-state index in [2.05, 4.69) is 120 Å². The highest BCUT2D eigenvalue weighted by atomic mass is 15.6. The number of anilines is 2. The maximum absolute atomic E-state index is 4.51. The van der Waals surface area contributed by atoms with Gasteiger partial charge in [-0.15, -0.1) is 5.10 Å². The number of hydrogen-bond donors (Lipinski definition) is 0. The van der Waals surface area contributed by atoms with E-state index in [0.717, 1.165) is 32.0 Å². The monoisotopic (exact) mass is 419 g/mol. The molecular weight excluding hydrogens is 386 g/mol. The summed E-state index contributed by atoms with van der Waals surface area (Å²) in [7, 11) is 4.13. The van der Waals surface area contributed by atoms with Gasteiger partial charge in [0.2, 0.25) is 0 Å². The Balaban J connectivity index is 1.64. The van der Waals surface area contributed by atoms with Gasteiger partial charge in [0.1, 0.15) is 0 Å². The zero-order valence-electron chi connectivity index (χ0n) is 19.2. The number of aromatic nitrogens is 4. The minimum Gasteiger partial charge on any atom is -0.378 e. The molecule has 2 aromatic carbocycles. The summed E-state index contributed by atoms with van der Waals surface area (Å²) in [6.45, 7) is 10.3. The van der Waals surface area contributed by atoms with Crippen molar-refractivity contribution in [1.29, 1.82) is 0 Å². The van der Waals surface area contributed by atoms with Crippen LogP contribution >= 0.6 is 0 Å². The van der Waals surface area contributed by atoms with Crippen LogP contribution in [0.15, 0.2) is 54.6 Å². The third kappa shape index (κ3) is 4.56. The van der Waals surface area contributed by atoms with Crippen LogP contribution in [0.5, 0.6) is 0 Å². The lowest BCUT2D eigenvalue weighted by atomic mass is 10.0. The van der Waals surface area contributed by atoms with Crippen molar-refractivity contribution in [1.82, 2.24) is 25.1 Å². The number of nitrogens with zero attached hydrogens (tertiary/aromatic N) is 7. The SMILES string of the molecule is CN(C)c1ccc([C@@H](c2nnnn2C(C)(C)C)N2CCN(c3ccccc3)CC2)cc1. The molecule has 0 amide bonds. The fraction of sp³-hybridized carbons (Fsp3) is 0.458. The normalized spacial score (nSPS) is 16.4. The molecule has 7 nitrogen and oxygen atoms in total. The van der Waals surface area contributed by atoms with Crippen LogP contribution in [0.25, 0.3) is 0 Å². The molecule has 1 saturated heterocycles. The number of benzene rings is 2. The van der Waals surface area contributed by atoms with E-state index < -0.39 is 0 Å². The van der Waals surface area contributed by atoms with Crippen molar-refractivity contribution in [2.24, 2.45) is 0 Å². The fourth-order valence-electron chi connectivity index (χ4n) is 4.20. The molecule has 31 heavy (non-hydrogen) atoms. The van der Waals surface area contributed by atoms with E-state index in [1.54, 1.807) is 0 Å². The van der Waals surface area contributed by atoms with Gasteiger partial charge in [-0.3, -0.25) is 4.90 Å². The highest BCUT2D eigenvalue weighted by molar-refractivity contribution is 5.48. The molecule has 7 heteroatoms. The largest absolute Gasteiger partial charge is 0.378 e. The Morgan fingerprint density at radius 2 is 1.52 bits per heavy atom. The van der Waals surface area contributed by atoms with E-state index >= 15 is 0 Å². The third-order valence-electron chi connectivity index (χ3n) is 5.90. The summed E-state index contributed by atoms with van der Waals surface area (Å²) >= 11 is 0. The quantitative estimate of drug-likeness (QED) is 0.632. The number of rotatable bonds is 5. The zero-order chi connectivity index (χ0) is 22.0. The van der Waals surface area contributed by atoms with Gasteiger partial charge in [0.15, 0.2) is 5.82 Å². The summed E-state index contributed by atoms with van der Waals surface area (Å²) in [6.07, 6.45) is 0. The molecule has 2 heterocycles. The maximum Gasteiger partial charge on any atom is 0.173 e. The lowest BCUT2D eigenvalue weighted by molar-refractivity contribution is 0.191. The first-order valence-corrected chi connectivity index (χ1v) is 10.9. The van der Waals surface area contributed by atoms with E-state index in [1.807, 2.05) is 4.68 Å². The van der Waals surface area contributed by atoms with E-state index in [9.17, 15) is 0 Å². The lowest BCUT2D eigenvalue weighted by Crippen LogP contribution is -2.48. The molecule has 1 aliphatic rings. The predicted octanol–water partition coefficient (Wildman–Crippen LogP) is 3.41. The molecule has 0 aliphatic carbocycles. The van der Waals surface area contributed by atoms with Gasteiger partial charge in [-0.05, 0) is 61.0 Å². The van der Waals surface area contributed by atoms with Crippen molar-refractivity contribution in [2.45, 2.75) is 32.4 Å². The van der Waals surface area contributed by atoms with Crippen LogP contribution in [0.3, 0.4) is 0 Å². The van der Waals surface area contributed by atoms with Crippen molar-refractivity contribution in [2.75, 3.05) is 50.1 Å². The Morgan fingerprint density at radius 3 is 2.10 bits per heavy atom. The molecule has 0 N–H and O–H groups in total. The molecule has 1 atom stereocenters. The molecule has 0 saturated carbocycles. The Hall–Kier alpha value is -2.93. The minimum absolute atomic E-state index is 0.0170. The highest BCUT2D eigenvalue weighted by Crippen LogP contribution is 2.32. The summed E-state index contributed by atoms with van der Waals surface area (Å²) in [4.78, 5) is 7.09. The summed E-state index contributed by atoms with van der Waals surface area (Å²) in [5, 5.41) is 12.9. The summed E-state index contributed by atoms with van der Waals surface area (Å²) in [5.41, 5.74) is 3.51. The van der Waals surface area contributed by atoms with Crippen molar-refractivity contribution >= 4 is 11.4 Å². The molecule has 3 aromatic rings. The smallest absolute Gasteiger partial charge is 0.173 e. The second-order valence-corrected chi connectivity index (χ2v) is 9.37. The summed E-state index contributed by atoms with van der Waals surface area (Å²) < 4.78 is 1.97. The first-order valence-electron chi connectivity index (χ1n) is 10.9. The Bertz CT molecular complexity index is 965. The fourth-order valence-corrected chi connectivity index (χ4v) is 4.20. The summed E-state index contributed by atoms with van der Waals surface area (Å²) in [5.74, 6) is 0.901. The average Bonchev–Trinajstić information content (AvgIpc) is 3.25. The van der Waals surface area contributed by atoms with Crippen molar-refractivity contribution in [3.63, 3.8) is 0 Å². The van der Waals surface area contributed by atoms with E-state index in [1.165, 1.54) is 16.9 Å². The summed E-state index contributed by atoms with van der Waals surface area (Å²) in [6, 6.07) is 19.4. The Labute approximate surface area is 185 Å². The topological polar surface area (TPSA) is 53.3 Å². The van der Waals surface area contributed by atoms with Gasteiger partial charge < -0.3 is 9.80 Å². The van der Waals surface area contributed by atoms with Crippen LogP contribution in [0.1, 0.15) is 38.2 Å². The lowest BCUT2D eigenvalue weighted by Gasteiger charge is -2.40. The second kappa shape index (κ2) is 8.67. The van der Waals surface area contributed by atoms with Crippen LogP contribution in [0, 0.1) is 0 Å². The minimum atomic E-state index is -0.188. The van der Waals surface area contributed by atoms with Gasteiger partial charge in [-0.1, -0.05) is 30.3 Å². The van der Waals surface area contributed by atoms with E-state index in [-0.39, 0.29) is 11.6 Å². The van der Waals surface area contributed by atoms with Crippen LogP contribution in [0.4, 0.5) is 11.4 Å². The molecular formula is C24H33N7. The molecule has 0 radical (unpaired) electrons. The Kier molecular flexibility index (Phi) is 5.96. The van der Waals surface area contributed by atoms with Gasteiger partial charge >= 0.3 is 0 Å². The van der Waals surface area contributed by atoms with Gasteiger partial charge in [-0.25, -0.2) is 4.68 Å². The van der Waals surface area contributed by atoms with E-state index in [4.69, 9.17) is 0 Å². The third-order valence-corrected chi connectivity index (χ3v) is 5.90. The van der Waals surface area contributed by atoms with Gasteiger partial charge in [0, 0.05) is 51.6 Å². The first-order chi connectivity index (χ1) is 14.8. The molecule has 1 fully saturated rings. The van der Waals surface area contributed by atoms with E-state index in [0.29, 0.717) is 0 Å². The van der Waals surface area contributed by atoms with Crippen molar-refractivity contribution < 1.29 is 0 Å². The molecule has 0 bridgehead atoms. The molecule has 0 spiro atoms. The molecule has 164 valence electrons. The molecule has 0 unspecified atom stereocenters. The van der Waals surface area contributed by atoms with Crippen molar-refractivity contribution in [3.05, 3.63) is 66.0 Å². The molecule has 4 rings (SSSR count). The van der Waals surface area contributed by atoms with Gasteiger partial charge in [0.05, 0.1) is 11.6 Å². The highest BCUT2D eigenvalue weighted by Gasteiger charge is 2.33. The zero-order valence-corrected chi connectivity index (χ0v) is 19.2. The van der Waals surface area contributed by atoms with Crippen LogP contribution in [-0.2, 0) is 5.54 Å². The number of tetrazole rings is 1. The van der Waals surface area contributed by atoms with Crippen LogP contribution in [-0.4, -0.2) is 65.4 Å². The molecule has 1 aromatic heterocycles. The van der Waals surface area contributed by atoms with Crippen LogP contribution in [0.2, 0.25) is 0 Å². The Morgan fingerprint density at radius 1 is 0.871 bits per heavy atom. The van der Waals surface area contributed by atoms with Gasteiger partial charge in [-0.2, -0.15) is 0 Å². The predicted molar refractivity (Wildman–Crippen MR) is 126 cm³/mol. The number of piperazine rings is 1. The standard InChI is InChI=1S/C24H33N7/c1-24(2,3)31-23(25-26-27-31)22(19-11-13-20(14-12-19)28(4)5)30-17-15-29(16-18-30)21-9-7-6-8-10-21/h6-14,22H,15-18H2,1-5H3/t22-/m0/s1. The first kappa shape index (κ1) is 21.3. The van der Waals surface area contributed by atoms with Gasteiger partial charge in [0.25, 0.3) is 0 Å². The number of para-hydroxylation sites is 1. The second-order valence-electron chi connectivity index (χ2n) is 9.37. The molecule has 1 aliphatic heterocycles. The van der Waals surface area contributed by atoms with Crippen LogP contribution < -0.4 is 9.80 Å². The average molecular weight is 420 g/mol.